The van der Waals surface area contributed by atoms with Gasteiger partial charge in [-0.25, -0.2) is 0 Å². The SMILES string of the molecule is C[B]c1cc(N2CCC3(CCN(C)CC3)CC2)c(Cl)cc1[N+](=O)[O-]. The Hall–Kier alpha value is -1.27. The average molecular weight is 349 g/mol. The minimum absolute atomic E-state index is 0.0787. The molecule has 2 saturated heterocycles. The summed E-state index contributed by atoms with van der Waals surface area (Å²) in [5.74, 6) is 0. The van der Waals surface area contributed by atoms with Crippen molar-refractivity contribution in [2.75, 3.05) is 38.1 Å². The van der Waals surface area contributed by atoms with Gasteiger partial charge in [0.15, 0.2) is 7.28 Å². The Morgan fingerprint density at radius 1 is 1.17 bits per heavy atom. The zero-order chi connectivity index (χ0) is 17.3. The molecule has 0 saturated carbocycles. The largest absolute Gasteiger partial charge is 0.370 e. The van der Waals surface area contributed by atoms with E-state index in [0.717, 1.165) is 18.8 Å². The molecule has 2 heterocycles. The Kier molecular flexibility index (Phi) is 5.07. The zero-order valence-electron chi connectivity index (χ0n) is 14.4. The van der Waals surface area contributed by atoms with E-state index < -0.39 is 0 Å². The molecule has 1 radical (unpaired) electrons. The minimum atomic E-state index is -0.366. The lowest BCUT2D eigenvalue weighted by molar-refractivity contribution is -0.383. The standard InChI is InChI=1S/C17H24BClN3O2/c1-18-13-11-16(14(19)12-15(13)22(23)24)21-9-5-17(6-10-21)3-7-20(2)8-4-17/h11-12H,3-10H2,1-2H3. The second-order valence-corrected chi connectivity index (χ2v) is 7.61. The molecule has 0 amide bonds. The Balaban J connectivity index is 1.76. The second-order valence-electron chi connectivity index (χ2n) is 7.20. The molecule has 0 unspecified atom stereocenters. The molecule has 129 valence electrons. The van der Waals surface area contributed by atoms with E-state index in [9.17, 15) is 10.1 Å². The van der Waals surface area contributed by atoms with E-state index in [1.807, 2.05) is 12.9 Å². The van der Waals surface area contributed by atoms with Crippen molar-refractivity contribution in [2.24, 2.45) is 5.41 Å². The number of halogens is 1. The molecular formula is C17H24BClN3O2. The van der Waals surface area contributed by atoms with Crippen LogP contribution in [0.3, 0.4) is 0 Å². The zero-order valence-corrected chi connectivity index (χ0v) is 15.2. The van der Waals surface area contributed by atoms with Gasteiger partial charge >= 0.3 is 0 Å². The molecule has 0 aromatic heterocycles. The highest BCUT2D eigenvalue weighted by Crippen LogP contribution is 2.42. The van der Waals surface area contributed by atoms with Gasteiger partial charge in [-0.15, -0.1) is 0 Å². The van der Waals surface area contributed by atoms with Gasteiger partial charge in [-0.05, 0) is 62.8 Å². The normalized spacial score (nSPS) is 21.0. The topological polar surface area (TPSA) is 49.6 Å². The first-order chi connectivity index (χ1) is 11.4. The molecule has 2 aliphatic rings. The quantitative estimate of drug-likeness (QED) is 0.479. The number of hydrogen-bond donors (Lipinski definition) is 0. The van der Waals surface area contributed by atoms with Crippen LogP contribution in [0.5, 0.6) is 0 Å². The highest BCUT2D eigenvalue weighted by Gasteiger charge is 2.37. The molecule has 2 fully saturated rings. The van der Waals surface area contributed by atoms with Gasteiger partial charge in [-0.1, -0.05) is 18.4 Å². The van der Waals surface area contributed by atoms with Gasteiger partial charge in [-0.3, -0.25) is 10.1 Å². The molecule has 0 atom stereocenters. The summed E-state index contributed by atoms with van der Waals surface area (Å²) >= 11 is 6.37. The van der Waals surface area contributed by atoms with E-state index in [-0.39, 0.29) is 10.6 Å². The smallest absolute Gasteiger partial charge is 0.264 e. The molecule has 0 N–H and O–H groups in total. The van der Waals surface area contributed by atoms with Crippen molar-refractivity contribution in [2.45, 2.75) is 32.5 Å². The van der Waals surface area contributed by atoms with Crippen LogP contribution in [0, 0.1) is 15.5 Å². The Morgan fingerprint density at radius 2 is 1.75 bits per heavy atom. The van der Waals surface area contributed by atoms with Crippen LogP contribution in [-0.2, 0) is 0 Å². The molecule has 1 spiro atoms. The maximum atomic E-state index is 11.2. The third-order valence-electron chi connectivity index (χ3n) is 5.82. The summed E-state index contributed by atoms with van der Waals surface area (Å²) in [5.41, 5.74) is 2.13. The maximum Gasteiger partial charge on any atom is 0.264 e. The van der Waals surface area contributed by atoms with Gasteiger partial charge in [0.05, 0.1) is 15.6 Å². The summed E-state index contributed by atoms with van der Waals surface area (Å²) in [6.45, 7) is 6.15. The highest BCUT2D eigenvalue weighted by molar-refractivity contribution is 6.54. The Bertz CT molecular complexity index is 623. The van der Waals surface area contributed by atoms with E-state index >= 15 is 0 Å². The average Bonchev–Trinajstić information content (AvgIpc) is 2.58. The van der Waals surface area contributed by atoms with E-state index in [2.05, 4.69) is 16.8 Å². The van der Waals surface area contributed by atoms with E-state index in [1.165, 1.54) is 44.8 Å². The first kappa shape index (κ1) is 17.6. The van der Waals surface area contributed by atoms with Gasteiger partial charge in [0.2, 0.25) is 0 Å². The third-order valence-corrected chi connectivity index (χ3v) is 6.12. The summed E-state index contributed by atoms with van der Waals surface area (Å²) in [6.07, 6.45) is 4.91. The molecule has 7 heteroatoms. The predicted octanol–water partition coefficient (Wildman–Crippen LogP) is 2.94. The van der Waals surface area contributed by atoms with Crippen molar-refractivity contribution in [3.8, 4) is 0 Å². The van der Waals surface area contributed by atoms with Crippen LogP contribution in [0.15, 0.2) is 12.1 Å². The monoisotopic (exact) mass is 348 g/mol. The number of piperidine rings is 2. The van der Waals surface area contributed by atoms with Crippen LogP contribution >= 0.6 is 11.6 Å². The number of hydrogen-bond acceptors (Lipinski definition) is 4. The number of nitro benzene ring substituents is 1. The van der Waals surface area contributed by atoms with E-state index in [4.69, 9.17) is 11.6 Å². The van der Waals surface area contributed by atoms with Crippen molar-refractivity contribution in [1.29, 1.82) is 0 Å². The summed E-state index contributed by atoms with van der Waals surface area (Å²) in [5, 5.41) is 11.6. The lowest BCUT2D eigenvalue weighted by Gasteiger charge is -2.47. The molecule has 1 aromatic rings. The second kappa shape index (κ2) is 6.92. The molecule has 1 aromatic carbocycles. The molecule has 0 bridgehead atoms. The van der Waals surface area contributed by atoms with Crippen LogP contribution in [0.1, 0.15) is 25.7 Å². The first-order valence-electron chi connectivity index (χ1n) is 8.65. The Morgan fingerprint density at radius 3 is 2.29 bits per heavy atom. The molecular weight excluding hydrogens is 324 g/mol. The van der Waals surface area contributed by atoms with Gasteiger partial charge < -0.3 is 9.80 Å². The summed E-state index contributed by atoms with van der Waals surface area (Å²) < 4.78 is 0. The van der Waals surface area contributed by atoms with E-state index in [1.54, 1.807) is 7.28 Å². The fraction of sp³-hybridized carbons (Fsp3) is 0.647. The highest BCUT2D eigenvalue weighted by atomic mass is 35.5. The van der Waals surface area contributed by atoms with Crippen molar-refractivity contribution in [3.63, 3.8) is 0 Å². The number of likely N-dealkylation sites (tertiary alicyclic amines) is 1. The first-order valence-corrected chi connectivity index (χ1v) is 9.03. The van der Waals surface area contributed by atoms with Crippen LogP contribution in [0.25, 0.3) is 0 Å². The van der Waals surface area contributed by atoms with Crippen LogP contribution in [0.2, 0.25) is 11.8 Å². The van der Waals surface area contributed by atoms with E-state index in [0.29, 0.717) is 15.9 Å². The van der Waals surface area contributed by atoms with Crippen molar-refractivity contribution in [3.05, 3.63) is 27.3 Å². The van der Waals surface area contributed by atoms with Crippen molar-refractivity contribution < 1.29 is 4.92 Å². The number of benzene rings is 1. The molecule has 2 aliphatic heterocycles. The van der Waals surface area contributed by atoms with Gasteiger partial charge in [0.1, 0.15) is 0 Å². The van der Waals surface area contributed by atoms with Crippen molar-refractivity contribution >= 4 is 35.7 Å². The maximum absolute atomic E-state index is 11.2. The summed E-state index contributed by atoms with van der Waals surface area (Å²) in [4.78, 5) is 15.5. The van der Waals surface area contributed by atoms with Crippen LogP contribution in [0.4, 0.5) is 11.4 Å². The molecule has 0 aliphatic carbocycles. The third kappa shape index (κ3) is 3.40. The summed E-state index contributed by atoms with van der Waals surface area (Å²) in [6, 6.07) is 3.36. The molecule has 5 nitrogen and oxygen atoms in total. The van der Waals surface area contributed by atoms with Crippen LogP contribution < -0.4 is 10.4 Å². The fourth-order valence-corrected chi connectivity index (χ4v) is 4.29. The predicted molar refractivity (Wildman–Crippen MR) is 100.0 cm³/mol. The fourth-order valence-electron chi connectivity index (χ4n) is 4.01. The lowest BCUT2D eigenvalue weighted by atomic mass is 9.70. The Labute approximate surface area is 149 Å². The van der Waals surface area contributed by atoms with Crippen LogP contribution in [-0.4, -0.2) is 50.3 Å². The number of nitro groups is 1. The summed E-state index contributed by atoms with van der Waals surface area (Å²) in [7, 11) is 3.97. The van der Waals surface area contributed by atoms with Gasteiger partial charge in [0, 0.05) is 19.2 Å². The molecule has 24 heavy (non-hydrogen) atoms. The number of anilines is 1. The van der Waals surface area contributed by atoms with Gasteiger partial charge in [-0.2, -0.15) is 0 Å². The van der Waals surface area contributed by atoms with Gasteiger partial charge in [0.25, 0.3) is 5.69 Å². The number of rotatable bonds is 3. The lowest BCUT2D eigenvalue weighted by Crippen LogP contribution is -2.46. The number of nitrogens with zero attached hydrogens (tertiary/aromatic N) is 3. The molecule has 3 rings (SSSR count). The van der Waals surface area contributed by atoms with Crippen molar-refractivity contribution in [1.82, 2.24) is 4.90 Å². The minimum Gasteiger partial charge on any atom is -0.370 e.